The van der Waals surface area contributed by atoms with Crippen molar-refractivity contribution in [2.75, 3.05) is 26.2 Å². The summed E-state index contributed by atoms with van der Waals surface area (Å²) in [6.07, 6.45) is -0.810. The largest absolute Gasteiger partial charge is 0.476 e. The van der Waals surface area contributed by atoms with Crippen molar-refractivity contribution in [3.8, 4) is 0 Å². The summed E-state index contributed by atoms with van der Waals surface area (Å²) in [7, 11) is 0. The van der Waals surface area contributed by atoms with Crippen molar-refractivity contribution < 1.29 is 27.9 Å². The lowest BCUT2D eigenvalue weighted by Gasteiger charge is -2.40. The van der Waals surface area contributed by atoms with Gasteiger partial charge in [0.1, 0.15) is 0 Å². The van der Waals surface area contributed by atoms with Crippen LogP contribution in [0.25, 0.3) is 0 Å². The van der Waals surface area contributed by atoms with E-state index in [0.717, 1.165) is 30.0 Å². The second kappa shape index (κ2) is 10.4. The normalized spacial score (nSPS) is 16.4. The summed E-state index contributed by atoms with van der Waals surface area (Å²) < 4.78 is 41.1. The number of rotatable bonds is 7. The molecule has 0 radical (unpaired) electrons. The summed E-state index contributed by atoms with van der Waals surface area (Å²) >= 11 is 5.95. The monoisotopic (exact) mass is 500 g/mol. The number of hydrogen-bond acceptors (Lipinski definition) is 4. The molecule has 7 nitrogen and oxygen atoms in total. The first kappa shape index (κ1) is 26.0. The van der Waals surface area contributed by atoms with Gasteiger partial charge in [-0.15, -0.1) is 0 Å². The van der Waals surface area contributed by atoms with Gasteiger partial charge in [0.25, 0.3) is 0 Å². The number of carbonyl (C=O) groups excluding carboxylic acids is 1. The molecule has 0 spiro atoms. The number of carboxylic acid groups (broad SMARTS) is 1. The van der Waals surface area contributed by atoms with E-state index >= 15 is 0 Å². The van der Waals surface area contributed by atoms with E-state index in [1.807, 2.05) is 11.8 Å². The highest BCUT2D eigenvalue weighted by Crippen LogP contribution is 2.37. The predicted octanol–water partition coefficient (Wildman–Crippen LogP) is 5.24. The first-order valence-electron chi connectivity index (χ1n) is 11.1. The van der Waals surface area contributed by atoms with Crippen LogP contribution < -0.4 is 0 Å². The van der Waals surface area contributed by atoms with Crippen LogP contribution >= 0.6 is 11.6 Å². The highest BCUT2D eigenvalue weighted by molar-refractivity contribution is 6.30. The van der Waals surface area contributed by atoms with Crippen molar-refractivity contribution in [2.24, 2.45) is 5.41 Å². The van der Waals surface area contributed by atoms with E-state index in [0.29, 0.717) is 26.2 Å². The molecule has 0 saturated carbocycles. The number of hydrogen-bond donors (Lipinski definition) is 1. The zero-order chi connectivity index (χ0) is 25.1. The van der Waals surface area contributed by atoms with Crippen molar-refractivity contribution in [2.45, 2.75) is 45.8 Å². The number of carboxylic acids is 1. The number of benzene rings is 1. The average molecular weight is 501 g/mol. The standard InChI is InChI=1S/C23H28ClF3N4O3/c1-3-30(21(34)31-10-6-19(28-31)20(32)33)13-9-22(2)7-11-29(12-8-22)15-16-14-17(24)4-5-18(16)23(25,26)27/h4-6,10,14H,3,7-9,11-13,15H2,1-2H3,(H,32,33). The van der Waals surface area contributed by atoms with Gasteiger partial charge >= 0.3 is 18.2 Å². The van der Waals surface area contributed by atoms with Crippen LogP contribution in [0.2, 0.25) is 5.02 Å². The second-order valence-corrected chi connectivity index (χ2v) is 9.39. The minimum Gasteiger partial charge on any atom is -0.476 e. The lowest BCUT2D eigenvalue weighted by molar-refractivity contribution is -0.138. The van der Waals surface area contributed by atoms with Crippen LogP contribution in [0.3, 0.4) is 0 Å². The van der Waals surface area contributed by atoms with Crippen molar-refractivity contribution in [1.29, 1.82) is 0 Å². The van der Waals surface area contributed by atoms with Crippen LogP contribution in [0, 0.1) is 5.41 Å². The van der Waals surface area contributed by atoms with Crippen LogP contribution in [0.1, 0.15) is 54.7 Å². The lowest BCUT2D eigenvalue weighted by atomic mass is 9.77. The fourth-order valence-corrected chi connectivity index (χ4v) is 4.39. The van der Waals surface area contributed by atoms with E-state index < -0.39 is 23.7 Å². The van der Waals surface area contributed by atoms with E-state index in [2.05, 4.69) is 12.0 Å². The molecule has 1 fully saturated rings. The van der Waals surface area contributed by atoms with Gasteiger partial charge in [-0.3, -0.25) is 4.90 Å². The van der Waals surface area contributed by atoms with Gasteiger partial charge < -0.3 is 10.0 Å². The highest BCUT2D eigenvalue weighted by Gasteiger charge is 2.35. The van der Waals surface area contributed by atoms with Crippen molar-refractivity contribution >= 4 is 23.6 Å². The van der Waals surface area contributed by atoms with Crippen LogP contribution in [0.15, 0.2) is 30.5 Å². The smallest absolute Gasteiger partial charge is 0.416 e. The fourth-order valence-electron chi connectivity index (χ4n) is 4.19. The fraction of sp³-hybridized carbons (Fsp3) is 0.522. The Bertz CT molecular complexity index is 1030. The maximum atomic E-state index is 13.4. The highest BCUT2D eigenvalue weighted by atomic mass is 35.5. The van der Waals surface area contributed by atoms with Crippen molar-refractivity contribution in [1.82, 2.24) is 19.6 Å². The number of likely N-dealkylation sites (tertiary alicyclic amines) is 1. The van der Waals surface area contributed by atoms with E-state index in [-0.39, 0.29) is 28.2 Å². The van der Waals surface area contributed by atoms with Gasteiger partial charge in [-0.25, -0.2) is 9.59 Å². The number of nitrogens with zero attached hydrogens (tertiary/aromatic N) is 4. The van der Waals surface area contributed by atoms with Crippen LogP contribution in [0.5, 0.6) is 0 Å². The molecule has 2 heterocycles. The van der Waals surface area contributed by atoms with Gasteiger partial charge in [-0.2, -0.15) is 23.0 Å². The van der Waals surface area contributed by atoms with Gasteiger partial charge in [0, 0.05) is 30.9 Å². The molecule has 0 bridgehead atoms. The van der Waals surface area contributed by atoms with Crippen molar-refractivity contribution in [3.63, 3.8) is 0 Å². The molecule has 1 aliphatic heterocycles. The van der Waals surface area contributed by atoms with Crippen LogP contribution in [-0.2, 0) is 12.7 Å². The first-order chi connectivity index (χ1) is 15.9. The third kappa shape index (κ3) is 6.29. The Hall–Kier alpha value is -2.59. The third-order valence-electron chi connectivity index (χ3n) is 6.47. The molecule has 1 saturated heterocycles. The zero-order valence-corrected chi connectivity index (χ0v) is 19.9. The summed E-state index contributed by atoms with van der Waals surface area (Å²) in [5.41, 5.74) is -0.753. The zero-order valence-electron chi connectivity index (χ0n) is 19.1. The Morgan fingerprint density at radius 1 is 1.24 bits per heavy atom. The molecule has 2 aromatic rings. The summed E-state index contributed by atoms with van der Waals surface area (Å²) in [5.74, 6) is -1.20. The SMILES string of the molecule is CCN(CCC1(C)CCN(Cc2cc(Cl)ccc2C(F)(F)F)CC1)C(=O)n1ccc(C(=O)O)n1. The minimum atomic E-state index is -4.43. The Labute approximate surface area is 201 Å². The number of alkyl halides is 3. The molecule has 11 heteroatoms. The van der Waals surface area contributed by atoms with E-state index in [9.17, 15) is 22.8 Å². The Kier molecular flexibility index (Phi) is 7.92. The molecule has 1 aliphatic rings. The quantitative estimate of drug-likeness (QED) is 0.562. The van der Waals surface area contributed by atoms with Crippen molar-refractivity contribution in [3.05, 3.63) is 52.3 Å². The van der Waals surface area contributed by atoms with E-state index in [4.69, 9.17) is 16.7 Å². The molecule has 0 aliphatic carbocycles. The molecule has 0 atom stereocenters. The van der Waals surface area contributed by atoms with Crippen LogP contribution in [-0.4, -0.2) is 62.9 Å². The molecule has 1 aromatic heterocycles. The van der Waals surface area contributed by atoms with E-state index in [1.54, 1.807) is 4.90 Å². The molecular weight excluding hydrogens is 473 g/mol. The third-order valence-corrected chi connectivity index (χ3v) is 6.71. The molecule has 0 unspecified atom stereocenters. The molecule has 1 amide bonds. The van der Waals surface area contributed by atoms with Gasteiger partial charge in [0.2, 0.25) is 0 Å². The summed E-state index contributed by atoms with van der Waals surface area (Å²) in [4.78, 5) is 27.3. The molecular formula is C23H28ClF3N4O3. The number of carbonyl (C=O) groups is 2. The number of aromatic nitrogens is 2. The Morgan fingerprint density at radius 3 is 2.47 bits per heavy atom. The maximum absolute atomic E-state index is 13.4. The predicted molar refractivity (Wildman–Crippen MR) is 121 cm³/mol. The molecule has 1 N–H and O–H groups in total. The lowest BCUT2D eigenvalue weighted by Crippen LogP contribution is -2.42. The molecule has 3 rings (SSSR count). The molecule has 34 heavy (non-hydrogen) atoms. The molecule has 1 aromatic carbocycles. The van der Waals surface area contributed by atoms with Gasteiger partial charge in [0.15, 0.2) is 5.69 Å². The molecule has 186 valence electrons. The second-order valence-electron chi connectivity index (χ2n) is 8.95. The van der Waals surface area contributed by atoms with Crippen LogP contribution in [0.4, 0.5) is 18.0 Å². The summed E-state index contributed by atoms with van der Waals surface area (Å²) in [6, 6.07) is 4.55. The number of halogens is 4. The Balaban J connectivity index is 1.57. The first-order valence-corrected chi connectivity index (χ1v) is 11.5. The minimum absolute atomic E-state index is 0.0677. The summed E-state index contributed by atoms with van der Waals surface area (Å²) in [6.45, 7) is 6.34. The van der Waals surface area contributed by atoms with Gasteiger partial charge in [-0.05, 0) is 74.5 Å². The van der Waals surface area contributed by atoms with Gasteiger partial charge in [0.05, 0.1) is 5.56 Å². The van der Waals surface area contributed by atoms with E-state index in [1.165, 1.54) is 24.4 Å². The average Bonchev–Trinajstić information content (AvgIpc) is 3.26. The number of piperidine rings is 1. The maximum Gasteiger partial charge on any atom is 0.416 e. The van der Waals surface area contributed by atoms with Gasteiger partial charge in [-0.1, -0.05) is 18.5 Å². The topological polar surface area (TPSA) is 78.7 Å². The summed E-state index contributed by atoms with van der Waals surface area (Å²) in [5, 5.41) is 13.1. The number of aromatic carboxylic acids is 1. The number of amides is 1. The Morgan fingerprint density at radius 2 is 1.91 bits per heavy atom.